The van der Waals surface area contributed by atoms with Gasteiger partial charge in [0.1, 0.15) is 6.54 Å². The van der Waals surface area contributed by atoms with Crippen LogP contribution in [-0.4, -0.2) is 38.1 Å². The molecule has 3 N–H and O–H groups in total. The first-order valence-corrected chi connectivity index (χ1v) is 7.76. The fourth-order valence-corrected chi connectivity index (χ4v) is 2.71. The van der Waals surface area contributed by atoms with Crippen molar-refractivity contribution in [3.63, 3.8) is 0 Å². The SMILES string of the molecule is O=C(O)C(F)(F)F.O=C(O)Cn1cc(NCc2cc(Br)cs2)cn1. The van der Waals surface area contributed by atoms with Gasteiger partial charge >= 0.3 is 18.1 Å². The van der Waals surface area contributed by atoms with E-state index in [1.54, 1.807) is 23.7 Å². The lowest BCUT2D eigenvalue weighted by molar-refractivity contribution is -0.192. The topological polar surface area (TPSA) is 104 Å². The maximum atomic E-state index is 10.6. The molecule has 0 atom stereocenters. The van der Waals surface area contributed by atoms with Crippen LogP contribution in [0.25, 0.3) is 0 Å². The van der Waals surface area contributed by atoms with Gasteiger partial charge in [-0.15, -0.1) is 11.3 Å². The van der Waals surface area contributed by atoms with Crippen LogP contribution in [0.5, 0.6) is 0 Å². The van der Waals surface area contributed by atoms with Gasteiger partial charge in [0, 0.05) is 27.5 Å². The molecule has 0 bridgehead atoms. The van der Waals surface area contributed by atoms with Gasteiger partial charge < -0.3 is 15.5 Å². The third-order valence-corrected chi connectivity index (χ3v) is 3.96. The average molecular weight is 430 g/mol. The van der Waals surface area contributed by atoms with Crippen LogP contribution in [0.3, 0.4) is 0 Å². The molecule has 12 heteroatoms. The van der Waals surface area contributed by atoms with Crippen LogP contribution in [-0.2, 0) is 22.7 Å². The summed E-state index contributed by atoms with van der Waals surface area (Å²) in [7, 11) is 0. The van der Waals surface area contributed by atoms with E-state index < -0.39 is 18.1 Å². The summed E-state index contributed by atoms with van der Waals surface area (Å²) in [4.78, 5) is 20.6. The predicted octanol–water partition coefficient (Wildman–Crippen LogP) is 3.04. The molecule has 0 fully saturated rings. The molecule has 132 valence electrons. The molecule has 0 saturated carbocycles. The highest BCUT2D eigenvalue weighted by Crippen LogP contribution is 2.20. The third kappa shape index (κ3) is 7.46. The van der Waals surface area contributed by atoms with Crippen molar-refractivity contribution in [2.75, 3.05) is 5.32 Å². The number of carbonyl (C=O) groups is 2. The number of alkyl halides is 3. The summed E-state index contributed by atoms with van der Waals surface area (Å²) in [6.07, 6.45) is -1.79. The Kier molecular flexibility index (Phi) is 7.22. The van der Waals surface area contributed by atoms with E-state index in [-0.39, 0.29) is 6.54 Å². The van der Waals surface area contributed by atoms with Gasteiger partial charge in [0.25, 0.3) is 0 Å². The van der Waals surface area contributed by atoms with E-state index in [0.29, 0.717) is 6.54 Å². The molecule has 0 aromatic carbocycles. The fraction of sp³-hybridized carbons (Fsp3) is 0.250. The number of nitrogens with zero attached hydrogens (tertiary/aromatic N) is 2. The number of aliphatic carboxylic acids is 2. The Bertz CT molecular complexity index is 702. The number of thiophene rings is 1. The minimum Gasteiger partial charge on any atom is -0.480 e. The van der Waals surface area contributed by atoms with E-state index in [1.165, 1.54) is 9.56 Å². The highest BCUT2D eigenvalue weighted by atomic mass is 79.9. The van der Waals surface area contributed by atoms with E-state index in [1.807, 2.05) is 11.4 Å². The second-order valence-corrected chi connectivity index (χ2v) is 6.12. The van der Waals surface area contributed by atoms with Crippen molar-refractivity contribution in [3.05, 3.63) is 33.2 Å². The van der Waals surface area contributed by atoms with Gasteiger partial charge in [-0.3, -0.25) is 9.48 Å². The lowest BCUT2D eigenvalue weighted by Crippen LogP contribution is -2.21. The Morgan fingerprint density at radius 3 is 2.46 bits per heavy atom. The van der Waals surface area contributed by atoms with Crippen LogP contribution in [0.2, 0.25) is 0 Å². The van der Waals surface area contributed by atoms with Crippen LogP contribution < -0.4 is 5.32 Å². The van der Waals surface area contributed by atoms with Crippen LogP contribution in [0.4, 0.5) is 18.9 Å². The zero-order valence-corrected chi connectivity index (χ0v) is 14.2. The van der Waals surface area contributed by atoms with Crippen LogP contribution in [0.1, 0.15) is 4.88 Å². The van der Waals surface area contributed by atoms with Gasteiger partial charge in [-0.25, -0.2) is 4.79 Å². The third-order valence-electron chi connectivity index (χ3n) is 2.26. The second kappa shape index (κ2) is 8.68. The number of hydrogen-bond donors (Lipinski definition) is 3. The molecule has 0 unspecified atom stereocenters. The summed E-state index contributed by atoms with van der Waals surface area (Å²) in [6, 6.07) is 2.04. The molecule has 2 rings (SSSR count). The molecule has 24 heavy (non-hydrogen) atoms. The van der Waals surface area contributed by atoms with Crippen molar-refractivity contribution in [2.24, 2.45) is 0 Å². The van der Waals surface area contributed by atoms with E-state index in [2.05, 4.69) is 26.3 Å². The lowest BCUT2D eigenvalue weighted by Gasteiger charge is -1.99. The highest BCUT2D eigenvalue weighted by molar-refractivity contribution is 9.10. The molecular formula is C12H11BrF3N3O4S. The Balaban J connectivity index is 0.000000351. The highest BCUT2D eigenvalue weighted by Gasteiger charge is 2.38. The van der Waals surface area contributed by atoms with Gasteiger partial charge in [0.05, 0.1) is 11.9 Å². The number of halogens is 4. The summed E-state index contributed by atoms with van der Waals surface area (Å²) in [5.41, 5.74) is 0.816. The number of rotatable bonds is 5. The van der Waals surface area contributed by atoms with Crippen LogP contribution >= 0.6 is 27.3 Å². The van der Waals surface area contributed by atoms with E-state index >= 15 is 0 Å². The van der Waals surface area contributed by atoms with Crippen LogP contribution in [0.15, 0.2) is 28.3 Å². The summed E-state index contributed by atoms with van der Waals surface area (Å²) in [5.74, 6) is -3.66. The summed E-state index contributed by atoms with van der Waals surface area (Å²) in [6.45, 7) is 0.585. The Labute approximate surface area is 145 Å². The number of anilines is 1. The van der Waals surface area contributed by atoms with Gasteiger partial charge in [-0.2, -0.15) is 18.3 Å². The molecule has 0 radical (unpaired) electrons. The van der Waals surface area contributed by atoms with Crippen molar-refractivity contribution in [1.29, 1.82) is 0 Å². The minimum absolute atomic E-state index is 0.119. The molecule has 0 amide bonds. The monoisotopic (exact) mass is 429 g/mol. The van der Waals surface area contributed by atoms with Gasteiger partial charge in [-0.1, -0.05) is 0 Å². The van der Waals surface area contributed by atoms with E-state index in [0.717, 1.165) is 10.2 Å². The normalized spacial score (nSPS) is 10.7. The van der Waals surface area contributed by atoms with Crippen molar-refractivity contribution in [1.82, 2.24) is 9.78 Å². The van der Waals surface area contributed by atoms with Gasteiger partial charge in [0.15, 0.2) is 0 Å². The van der Waals surface area contributed by atoms with E-state index in [9.17, 15) is 18.0 Å². The first-order valence-electron chi connectivity index (χ1n) is 6.09. The smallest absolute Gasteiger partial charge is 0.480 e. The van der Waals surface area contributed by atoms with Crippen molar-refractivity contribution in [3.8, 4) is 0 Å². The molecule has 7 nitrogen and oxygen atoms in total. The zero-order chi connectivity index (χ0) is 18.3. The molecule has 0 spiro atoms. The maximum absolute atomic E-state index is 10.6. The number of nitrogens with one attached hydrogen (secondary N) is 1. The van der Waals surface area contributed by atoms with Crippen molar-refractivity contribution >= 4 is 44.9 Å². The number of aromatic nitrogens is 2. The molecule has 0 aliphatic rings. The number of carboxylic acid groups (broad SMARTS) is 2. The second-order valence-electron chi connectivity index (χ2n) is 4.21. The molecule has 0 saturated heterocycles. The van der Waals surface area contributed by atoms with Gasteiger partial charge in [0.2, 0.25) is 0 Å². The number of carboxylic acids is 2. The molecular weight excluding hydrogens is 419 g/mol. The summed E-state index contributed by atoms with van der Waals surface area (Å²) in [5, 5.41) is 24.9. The first kappa shape index (κ1) is 20.0. The minimum atomic E-state index is -5.08. The standard InChI is InChI=1S/C10H10BrN3O2S.C2HF3O2/c11-7-1-9(17-6-7)3-12-8-2-13-14(4-8)5-10(15)16;3-2(4,5)1(6)7/h1-2,4,6,12H,3,5H2,(H,15,16);(H,6,7). The Hall–Kier alpha value is -2.08. The van der Waals surface area contributed by atoms with Gasteiger partial charge in [-0.05, 0) is 22.0 Å². The quantitative estimate of drug-likeness (QED) is 0.674. The Morgan fingerprint density at radius 2 is 2.00 bits per heavy atom. The zero-order valence-electron chi connectivity index (χ0n) is 11.7. The summed E-state index contributed by atoms with van der Waals surface area (Å²) >= 11 is 5.05. The molecule has 2 aromatic rings. The van der Waals surface area contributed by atoms with Crippen molar-refractivity contribution in [2.45, 2.75) is 19.3 Å². The predicted molar refractivity (Wildman–Crippen MR) is 82.9 cm³/mol. The molecule has 0 aliphatic carbocycles. The molecule has 2 aromatic heterocycles. The largest absolute Gasteiger partial charge is 0.490 e. The van der Waals surface area contributed by atoms with E-state index in [4.69, 9.17) is 15.0 Å². The fourth-order valence-electron chi connectivity index (χ4n) is 1.32. The molecule has 0 aliphatic heterocycles. The molecule has 2 heterocycles. The average Bonchev–Trinajstić information content (AvgIpc) is 3.04. The summed E-state index contributed by atoms with van der Waals surface area (Å²) < 4.78 is 34.2. The van der Waals surface area contributed by atoms with Crippen LogP contribution in [0, 0.1) is 0 Å². The lowest BCUT2D eigenvalue weighted by atomic mass is 10.4. The Morgan fingerprint density at radius 1 is 1.38 bits per heavy atom. The number of hydrogen-bond acceptors (Lipinski definition) is 5. The van der Waals surface area contributed by atoms with Crippen molar-refractivity contribution < 1.29 is 33.0 Å². The maximum Gasteiger partial charge on any atom is 0.490 e. The first-order chi connectivity index (χ1) is 11.1.